The molecule has 1 radical (unpaired) electrons. The van der Waals surface area contributed by atoms with E-state index in [-0.39, 0.29) is 6.42 Å². The van der Waals surface area contributed by atoms with E-state index in [1.165, 1.54) is 0 Å². The summed E-state index contributed by atoms with van der Waals surface area (Å²) in [6, 6.07) is -1.46. The number of carboxylic acid groups (broad SMARTS) is 2. The van der Waals surface area contributed by atoms with Gasteiger partial charge in [-0.15, -0.1) is 0 Å². The summed E-state index contributed by atoms with van der Waals surface area (Å²) in [4.78, 5) is 19.5. The molecule has 57 valence electrons. The van der Waals surface area contributed by atoms with Crippen molar-refractivity contribution in [1.82, 2.24) is 5.73 Å². The van der Waals surface area contributed by atoms with E-state index >= 15 is 0 Å². The van der Waals surface area contributed by atoms with Gasteiger partial charge in [-0.05, 0) is 12.8 Å². The van der Waals surface area contributed by atoms with E-state index in [1.807, 2.05) is 0 Å². The molecule has 0 saturated heterocycles. The van der Waals surface area contributed by atoms with Gasteiger partial charge in [-0.25, -0.2) is 5.73 Å². The quantitative estimate of drug-likeness (QED) is 0.417. The van der Waals surface area contributed by atoms with Crippen molar-refractivity contribution in [3.05, 3.63) is 0 Å². The highest BCUT2D eigenvalue weighted by Crippen LogP contribution is 1.92. The first-order chi connectivity index (χ1) is 4.54. The van der Waals surface area contributed by atoms with Crippen molar-refractivity contribution in [3.8, 4) is 0 Å². The molecule has 0 aliphatic carbocycles. The first-order valence-electron chi connectivity index (χ1n) is 2.66. The summed E-state index contributed by atoms with van der Waals surface area (Å²) < 4.78 is 0. The maximum atomic E-state index is 9.80. The van der Waals surface area contributed by atoms with E-state index in [0.717, 1.165) is 0 Å². The SMILES string of the molecule is [NH][C@H](CCC(=O)[O-])C(=O)[O-]. The van der Waals surface area contributed by atoms with Crippen LogP contribution in [0.1, 0.15) is 12.8 Å². The number of carbonyl (C=O) groups is 2. The van der Waals surface area contributed by atoms with Gasteiger partial charge < -0.3 is 19.8 Å². The van der Waals surface area contributed by atoms with Crippen molar-refractivity contribution in [1.29, 1.82) is 0 Å². The summed E-state index contributed by atoms with van der Waals surface area (Å²) in [7, 11) is 0. The van der Waals surface area contributed by atoms with Crippen LogP contribution in [0.25, 0.3) is 0 Å². The lowest BCUT2D eigenvalue weighted by atomic mass is 10.2. The molecule has 10 heavy (non-hydrogen) atoms. The van der Waals surface area contributed by atoms with Crippen molar-refractivity contribution >= 4 is 11.9 Å². The number of aliphatic carboxylic acids is 2. The predicted molar refractivity (Wildman–Crippen MR) is 26.1 cm³/mol. The first-order valence-corrected chi connectivity index (χ1v) is 2.66. The highest BCUT2D eigenvalue weighted by molar-refractivity contribution is 5.72. The van der Waals surface area contributed by atoms with Crippen molar-refractivity contribution in [2.45, 2.75) is 18.9 Å². The molecule has 1 N–H and O–H groups in total. The zero-order valence-electron chi connectivity index (χ0n) is 5.12. The Bertz CT molecular complexity index is 145. The van der Waals surface area contributed by atoms with Crippen molar-refractivity contribution in [2.24, 2.45) is 0 Å². The Morgan fingerprint density at radius 1 is 1.40 bits per heavy atom. The molecular formula is C5H6NO4-2. The van der Waals surface area contributed by atoms with Crippen LogP contribution in [0, 0.1) is 0 Å². The molecule has 0 aromatic rings. The number of hydrogen-bond acceptors (Lipinski definition) is 4. The third-order valence-corrected chi connectivity index (χ3v) is 0.922. The maximum Gasteiger partial charge on any atom is 0.0611 e. The zero-order chi connectivity index (χ0) is 8.15. The minimum Gasteiger partial charge on any atom is -0.550 e. The molecule has 0 amide bonds. The second-order valence-electron chi connectivity index (χ2n) is 1.78. The number of hydrogen-bond donors (Lipinski definition) is 0. The summed E-state index contributed by atoms with van der Waals surface area (Å²) in [5.41, 5.74) is 6.67. The molecule has 0 aliphatic heterocycles. The Kier molecular flexibility index (Phi) is 3.42. The normalized spacial score (nSPS) is 12.5. The van der Waals surface area contributed by atoms with E-state index in [1.54, 1.807) is 0 Å². The van der Waals surface area contributed by atoms with E-state index in [0.29, 0.717) is 0 Å². The predicted octanol–water partition coefficient (Wildman–Crippen LogP) is -3.08. The number of rotatable bonds is 4. The Balaban J connectivity index is 3.49. The van der Waals surface area contributed by atoms with E-state index in [9.17, 15) is 19.8 Å². The first kappa shape index (κ1) is 8.90. The van der Waals surface area contributed by atoms with Gasteiger partial charge in [0.1, 0.15) is 0 Å². The molecule has 0 rings (SSSR count). The molecule has 1 atom stereocenters. The van der Waals surface area contributed by atoms with Crippen LogP contribution in [0.3, 0.4) is 0 Å². The fraction of sp³-hybridized carbons (Fsp3) is 0.600. The van der Waals surface area contributed by atoms with Gasteiger partial charge in [-0.2, -0.15) is 0 Å². The standard InChI is InChI=1S/C5H8NO4/c6-3(5(9)10)1-2-4(7)8/h3,6H,1-2H2,(H,7,8)(H,9,10)/p-2/t3-/m1/s1. The molecule has 0 aromatic carbocycles. The zero-order valence-corrected chi connectivity index (χ0v) is 5.12. The lowest BCUT2D eigenvalue weighted by Crippen LogP contribution is -2.37. The molecule has 5 nitrogen and oxygen atoms in total. The van der Waals surface area contributed by atoms with Gasteiger partial charge in [0.15, 0.2) is 0 Å². The molecule has 0 spiro atoms. The molecule has 0 bridgehead atoms. The van der Waals surface area contributed by atoms with Crippen LogP contribution >= 0.6 is 0 Å². The topological polar surface area (TPSA) is 104 Å². The van der Waals surface area contributed by atoms with E-state index in [4.69, 9.17) is 5.73 Å². The third kappa shape index (κ3) is 3.85. The highest BCUT2D eigenvalue weighted by Gasteiger charge is 2.02. The summed E-state index contributed by atoms with van der Waals surface area (Å²) in [6.45, 7) is 0. The molecule has 0 heterocycles. The van der Waals surface area contributed by atoms with Gasteiger partial charge in [-0.1, -0.05) is 0 Å². The molecule has 5 heteroatoms. The Hall–Kier alpha value is -1.10. The van der Waals surface area contributed by atoms with Crippen LogP contribution in [-0.2, 0) is 9.59 Å². The second-order valence-corrected chi connectivity index (χ2v) is 1.78. The summed E-state index contributed by atoms with van der Waals surface area (Å²) in [5, 5.41) is 19.5. The maximum absolute atomic E-state index is 9.80. The lowest BCUT2D eigenvalue weighted by Gasteiger charge is -2.10. The lowest BCUT2D eigenvalue weighted by molar-refractivity contribution is -0.309. The van der Waals surface area contributed by atoms with Crippen molar-refractivity contribution in [3.63, 3.8) is 0 Å². The fourth-order valence-corrected chi connectivity index (χ4v) is 0.380. The van der Waals surface area contributed by atoms with Crippen LogP contribution in [0.4, 0.5) is 0 Å². The summed E-state index contributed by atoms with van der Waals surface area (Å²) >= 11 is 0. The van der Waals surface area contributed by atoms with Crippen LogP contribution in [0.15, 0.2) is 0 Å². The monoisotopic (exact) mass is 144 g/mol. The van der Waals surface area contributed by atoms with E-state index < -0.39 is 24.4 Å². The number of nitrogens with one attached hydrogen (secondary N) is 1. The fourth-order valence-electron chi connectivity index (χ4n) is 0.380. The average molecular weight is 144 g/mol. The Morgan fingerprint density at radius 3 is 2.20 bits per heavy atom. The molecule has 0 aliphatic rings. The van der Waals surface area contributed by atoms with Gasteiger partial charge in [-0.3, -0.25) is 0 Å². The largest absolute Gasteiger partial charge is 0.550 e. The molecule has 0 unspecified atom stereocenters. The smallest absolute Gasteiger partial charge is 0.0611 e. The highest BCUT2D eigenvalue weighted by atomic mass is 16.4. The second kappa shape index (κ2) is 3.84. The summed E-state index contributed by atoms with van der Waals surface area (Å²) in [6.07, 6.45) is -0.674. The summed E-state index contributed by atoms with van der Waals surface area (Å²) in [5.74, 6) is -2.90. The van der Waals surface area contributed by atoms with Crippen LogP contribution in [-0.4, -0.2) is 18.0 Å². The van der Waals surface area contributed by atoms with E-state index in [2.05, 4.69) is 0 Å². The number of carbonyl (C=O) groups excluding carboxylic acids is 2. The average Bonchev–Trinajstić information content (AvgIpc) is 1.82. The minimum atomic E-state index is -1.55. The molecule has 0 aromatic heterocycles. The molecule has 0 saturated carbocycles. The van der Waals surface area contributed by atoms with Crippen LogP contribution in [0.2, 0.25) is 0 Å². The van der Waals surface area contributed by atoms with Gasteiger partial charge in [0, 0.05) is 5.97 Å². The van der Waals surface area contributed by atoms with Crippen molar-refractivity contribution < 1.29 is 19.8 Å². The van der Waals surface area contributed by atoms with Gasteiger partial charge in [0.2, 0.25) is 0 Å². The van der Waals surface area contributed by atoms with Crippen LogP contribution < -0.4 is 15.9 Å². The third-order valence-electron chi connectivity index (χ3n) is 0.922. The van der Waals surface area contributed by atoms with Gasteiger partial charge in [0.05, 0.1) is 12.0 Å². The minimum absolute atomic E-state index is 0.259. The Morgan fingerprint density at radius 2 is 1.90 bits per heavy atom. The van der Waals surface area contributed by atoms with Crippen molar-refractivity contribution in [2.75, 3.05) is 0 Å². The molecule has 0 fully saturated rings. The van der Waals surface area contributed by atoms with Gasteiger partial charge in [0.25, 0.3) is 0 Å². The number of carboxylic acids is 2. The van der Waals surface area contributed by atoms with Gasteiger partial charge >= 0.3 is 0 Å². The Labute approximate surface area is 57.5 Å². The molecular weight excluding hydrogens is 138 g/mol. The van der Waals surface area contributed by atoms with Crippen LogP contribution in [0.5, 0.6) is 0 Å².